The van der Waals surface area contributed by atoms with E-state index in [9.17, 15) is 9.18 Å². The van der Waals surface area contributed by atoms with E-state index in [1.54, 1.807) is 24.3 Å². The molecule has 0 aliphatic rings. The van der Waals surface area contributed by atoms with E-state index in [0.717, 1.165) is 11.3 Å². The molecule has 0 saturated heterocycles. The van der Waals surface area contributed by atoms with Crippen molar-refractivity contribution in [1.29, 1.82) is 0 Å². The van der Waals surface area contributed by atoms with Gasteiger partial charge < -0.3 is 10.0 Å². The lowest BCUT2D eigenvalue weighted by Gasteiger charge is -2.20. The summed E-state index contributed by atoms with van der Waals surface area (Å²) < 4.78 is 12.8. The smallest absolute Gasteiger partial charge is 0.337 e. The van der Waals surface area contributed by atoms with Crippen molar-refractivity contribution in [3.8, 4) is 0 Å². The van der Waals surface area contributed by atoms with Crippen LogP contribution >= 0.6 is 11.6 Å². The Kier molecular flexibility index (Phi) is 4.25. The van der Waals surface area contributed by atoms with Crippen molar-refractivity contribution in [2.75, 3.05) is 11.9 Å². The average molecular weight is 294 g/mol. The predicted octanol–water partition coefficient (Wildman–Crippen LogP) is 3.81. The van der Waals surface area contributed by atoms with Crippen LogP contribution in [0.5, 0.6) is 0 Å². The van der Waals surface area contributed by atoms with Crippen LogP contribution in [0.25, 0.3) is 0 Å². The molecule has 0 atom stereocenters. The van der Waals surface area contributed by atoms with Gasteiger partial charge in [-0.2, -0.15) is 0 Å². The molecule has 1 N–H and O–H groups in total. The van der Waals surface area contributed by atoms with Crippen LogP contribution in [0.4, 0.5) is 10.1 Å². The molecule has 0 unspecified atom stereocenters. The molecule has 0 saturated carbocycles. The van der Waals surface area contributed by atoms with E-state index < -0.39 is 5.97 Å². The molecule has 0 aliphatic carbocycles. The van der Waals surface area contributed by atoms with E-state index in [1.807, 2.05) is 11.9 Å². The highest BCUT2D eigenvalue weighted by atomic mass is 35.5. The van der Waals surface area contributed by atoms with Crippen LogP contribution in [0, 0.1) is 5.82 Å². The first-order chi connectivity index (χ1) is 9.47. The summed E-state index contributed by atoms with van der Waals surface area (Å²) >= 11 is 5.94. The highest BCUT2D eigenvalue weighted by molar-refractivity contribution is 6.33. The summed E-state index contributed by atoms with van der Waals surface area (Å²) in [6.07, 6.45) is 0. The predicted molar refractivity (Wildman–Crippen MR) is 76.9 cm³/mol. The molecular formula is C15H13ClFNO2. The minimum absolute atomic E-state index is 0.0746. The number of anilines is 1. The Morgan fingerprint density at radius 3 is 2.45 bits per heavy atom. The van der Waals surface area contributed by atoms with E-state index in [2.05, 4.69) is 0 Å². The van der Waals surface area contributed by atoms with Crippen molar-refractivity contribution in [1.82, 2.24) is 0 Å². The molecule has 0 radical (unpaired) electrons. The minimum atomic E-state index is -1.05. The average Bonchev–Trinajstić information content (AvgIpc) is 2.40. The zero-order valence-corrected chi connectivity index (χ0v) is 11.6. The highest BCUT2D eigenvalue weighted by Crippen LogP contribution is 2.24. The number of aromatic carboxylic acids is 1. The van der Waals surface area contributed by atoms with Crippen LogP contribution in [0.3, 0.4) is 0 Å². The van der Waals surface area contributed by atoms with Gasteiger partial charge in [0.15, 0.2) is 0 Å². The Morgan fingerprint density at radius 2 is 1.90 bits per heavy atom. The molecule has 104 valence electrons. The van der Waals surface area contributed by atoms with Crippen LogP contribution in [-0.2, 0) is 6.54 Å². The molecule has 0 heterocycles. The Balaban J connectivity index is 2.17. The first-order valence-corrected chi connectivity index (χ1v) is 6.33. The summed E-state index contributed by atoms with van der Waals surface area (Å²) in [4.78, 5) is 12.8. The van der Waals surface area contributed by atoms with Gasteiger partial charge in [0.2, 0.25) is 0 Å². The van der Waals surface area contributed by atoms with Crippen LogP contribution < -0.4 is 4.90 Å². The minimum Gasteiger partial charge on any atom is -0.478 e. The van der Waals surface area contributed by atoms with E-state index in [4.69, 9.17) is 16.7 Å². The van der Waals surface area contributed by atoms with Gasteiger partial charge in [-0.1, -0.05) is 23.7 Å². The molecule has 0 spiro atoms. The Morgan fingerprint density at radius 1 is 1.25 bits per heavy atom. The van der Waals surface area contributed by atoms with E-state index >= 15 is 0 Å². The van der Waals surface area contributed by atoms with Gasteiger partial charge in [0.25, 0.3) is 0 Å². The van der Waals surface area contributed by atoms with Crippen molar-refractivity contribution >= 4 is 23.3 Å². The van der Waals surface area contributed by atoms with Crippen LogP contribution in [-0.4, -0.2) is 18.1 Å². The Hall–Kier alpha value is -2.07. The molecular weight excluding hydrogens is 281 g/mol. The van der Waals surface area contributed by atoms with Crippen molar-refractivity contribution in [3.05, 3.63) is 64.4 Å². The molecule has 5 heteroatoms. The number of rotatable bonds is 4. The van der Waals surface area contributed by atoms with E-state index in [-0.39, 0.29) is 16.4 Å². The topological polar surface area (TPSA) is 40.5 Å². The molecule has 2 aromatic rings. The van der Waals surface area contributed by atoms with Crippen LogP contribution in [0.1, 0.15) is 15.9 Å². The molecule has 0 fully saturated rings. The number of hydrogen-bond donors (Lipinski definition) is 1. The second kappa shape index (κ2) is 5.92. The summed E-state index contributed by atoms with van der Waals surface area (Å²) in [5.41, 5.74) is 1.82. The van der Waals surface area contributed by atoms with Gasteiger partial charge in [-0.25, -0.2) is 9.18 Å². The van der Waals surface area contributed by atoms with Gasteiger partial charge in [-0.05, 0) is 35.9 Å². The zero-order valence-electron chi connectivity index (χ0n) is 10.8. The third-order valence-electron chi connectivity index (χ3n) is 2.96. The monoisotopic (exact) mass is 293 g/mol. The van der Waals surface area contributed by atoms with Gasteiger partial charge >= 0.3 is 5.97 Å². The SMILES string of the molecule is CN(Cc1ccc(F)cc1)c1ccc(C(=O)O)c(Cl)c1. The first kappa shape index (κ1) is 14.3. The second-order valence-corrected chi connectivity index (χ2v) is 4.86. The van der Waals surface area contributed by atoms with Gasteiger partial charge in [0.1, 0.15) is 5.82 Å². The van der Waals surface area contributed by atoms with Gasteiger partial charge in [-0.3, -0.25) is 0 Å². The summed E-state index contributed by atoms with van der Waals surface area (Å²) in [6, 6.07) is 11.0. The summed E-state index contributed by atoms with van der Waals surface area (Å²) in [6.45, 7) is 0.572. The molecule has 0 bridgehead atoms. The fourth-order valence-electron chi connectivity index (χ4n) is 1.87. The van der Waals surface area contributed by atoms with Crippen molar-refractivity contribution in [3.63, 3.8) is 0 Å². The number of benzene rings is 2. The van der Waals surface area contributed by atoms with Crippen molar-refractivity contribution in [2.24, 2.45) is 0 Å². The van der Waals surface area contributed by atoms with E-state index in [0.29, 0.717) is 6.54 Å². The first-order valence-electron chi connectivity index (χ1n) is 5.96. The maximum atomic E-state index is 12.8. The van der Waals surface area contributed by atoms with E-state index in [1.165, 1.54) is 18.2 Å². The zero-order chi connectivity index (χ0) is 14.7. The number of carboxylic acid groups (broad SMARTS) is 1. The lowest BCUT2D eigenvalue weighted by molar-refractivity contribution is 0.0697. The quantitative estimate of drug-likeness (QED) is 0.932. The fraction of sp³-hybridized carbons (Fsp3) is 0.133. The number of carbonyl (C=O) groups is 1. The second-order valence-electron chi connectivity index (χ2n) is 4.45. The maximum Gasteiger partial charge on any atom is 0.337 e. The highest BCUT2D eigenvalue weighted by Gasteiger charge is 2.10. The summed E-state index contributed by atoms with van der Waals surface area (Å²) in [5, 5.41) is 9.12. The Bertz CT molecular complexity index is 628. The lowest BCUT2D eigenvalue weighted by atomic mass is 10.1. The Labute approximate surface area is 121 Å². The lowest BCUT2D eigenvalue weighted by Crippen LogP contribution is -2.16. The maximum absolute atomic E-state index is 12.8. The molecule has 2 rings (SSSR count). The molecule has 0 aromatic heterocycles. The van der Waals surface area contributed by atoms with Gasteiger partial charge in [-0.15, -0.1) is 0 Å². The number of nitrogens with zero attached hydrogens (tertiary/aromatic N) is 1. The van der Waals surface area contributed by atoms with Crippen LogP contribution in [0.2, 0.25) is 5.02 Å². The summed E-state index contributed by atoms with van der Waals surface area (Å²) in [5.74, 6) is -1.33. The largest absolute Gasteiger partial charge is 0.478 e. The number of carboxylic acids is 1. The number of halogens is 2. The van der Waals surface area contributed by atoms with Crippen molar-refractivity contribution in [2.45, 2.75) is 6.54 Å². The molecule has 0 amide bonds. The van der Waals surface area contributed by atoms with Crippen molar-refractivity contribution < 1.29 is 14.3 Å². The normalized spacial score (nSPS) is 10.3. The standard InChI is InChI=1S/C15H13ClFNO2/c1-18(9-10-2-4-11(17)5-3-10)12-6-7-13(15(19)20)14(16)8-12/h2-8H,9H2,1H3,(H,19,20). The van der Waals surface area contributed by atoms with Gasteiger partial charge in [0.05, 0.1) is 10.6 Å². The third kappa shape index (κ3) is 3.27. The fourth-order valence-corrected chi connectivity index (χ4v) is 2.13. The van der Waals surface area contributed by atoms with Crippen LogP contribution in [0.15, 0.2) is 42.5 Å². The number of hydrogen-bond acceptors (Lipinski definition) is 2. The third-order valence-corrected chi connectivity index (χ3v) is 3.27. The molecule has 2 aromatic carbocycles. The molecule has 0 aliphatic heterocycles. The summed E-state index contributed by atoms with van der Waals surface area (Å²) in [7, 11) is 1.86. The molecule has 3 nitrogen and oxygen atoms in total. The molecule has 20 heavy (non-hydrogen) atoms. The van der Waals surface area contributed by atoms with Gasteiger partial charge in [0, 0.05) is 19.3 Å².